The van der Waals surface area contributed by atoms with Gasteiger partial charge in [0.2, 0.25) is 6.17 Å². The maximum Gasteiger partial charge on any atom is 0.244 e. The monoisotopic (exact) mass is 535 g/mol. The second kappa shape index (κ2) is 24.2. The van der Waals surface area contributed by atoms with Crippen molar-refractivity contribution >= 4 is 12.4 Å². The summed E-state index contributed by atoms with van der Waals surface area (Å²) in [5, 5.41) is 0. The van der Waals surface area contributed by atoms with Crippen LogP contribution < -0.4 is 0 Å². The summed E-state index contributed by atoms with van der Waals surface area (Å²) in [4.78, 5) is 9.46. The highest BCUT2D eigenvalue weighted by Gasteiger charge is 2.35. The Morgan fingerprint density at radius 3 is 1.38 bits per heavy atom. The third-order valence-electron chi connectivity index (χ3n) is 8.77. The van der Waals surface area contributed by atoms with Crippen LogP contribution in [0, 0.1) is 18.0 Å². The molecule has 2 unspecified atom stereocenters. The molecular formula is C37H63N2+. The number of hydrogen-bond acceptors (Lipinski definition) is 2. The first kappa shape index (κ1) is 33.6. The molecule has 1 aliphatic heterocycles. The van der Waals surface area contributed by atoms with E-state index in [0.29, 0.717) is 11.8 Å². The lowest BCUT2D eigenvalue weighted by atomic mass is 9.78. The summed E-state index contributed by atoms with van der Waals surface area (Å²) in [6.45, 7) is 4.60. The van der Waals surface area contributed by atoms with Crippen LogP contribution in [0.2, 0.25) is 0 Å². The van der Waals surface area contributed by atoms with Crippen molar-refractivity contribution in [2.24, 2.45) is 21.8 Å². The fourth-order valence-electron chi connectivity index (χ4n) is 6.30. The third-order valence-corrected chi connectivity index (χ3v) is 8.77. The van der Waals surface area contributed by atoms with Crippen LogP contribution >= 0.6 is 0 Å². The van der Waals surface area contributed by atoms with E-state index in [9.17, 15) is 0 Å². The van der Waals surface area contributed by atoms with Crippen molar-refractivity contribution < 1.29 is 0 Å². The zero-order valence-corrected chi connectivity index (χ0v) is 26.1. The second-order valence-electron chi connectivity index (χ2n) is 12.3. The molecule has 39 heavy (non-hydrogen) atoms. The van der Waals surface area contributed by atoms with Gasteiger partial charge in [-0.05, 0) is 30.7 Å². The van der Waals surface area contributed by atoms with Crippen LogP contribution in [0.3, 0.4) is 0 Å². The van der Waals surface area contributed by atoms with Gasteiger partial charge in [-0.2, -0.15) is 0 Å². The van der Waals surface area contributed by atoms with Gasteiger partial charge in [-0.15, -0.1) is 0 Å². The van der Waals surface area contributed by atoms with E-state index >= 15 is 0 Å². The van der Waals surface area contributed by atoms with E-state index < -0.39 is 0 Å². The molecule has 0 amide bonds. The van der Waals surface area contributed by atoms with Crippen molar-refractivity contribution in [3.05, 3.63) is 42.1 Å². The zero-order valence-electron chi connectivity index (χ0n) is 26.1. The maximum atomic E-state index is 4.73. The van der Waals surface area contributed by atoms with Gasteiger partial charge in [0, 0.05) is 0 Å². The Bertz CT molecular complexity index is 697. The lowest BCUT2D eigenvalue weighted by Gasteiger charge is -2.26. The molecule has 0 radical (unpaired) electrons. The van der Waals surface area contributed by atoms with Gasteiger partial charge in [0.05, 0.1) is 5.92 Å². The topological polar surface area (TPSA) is 24.7 Å². The molecule has 0 aliphatic carbocycles. The van der Waals surface area contributed by atoms with E-state index in [2.05, 4.69) is 44.2 Å². The summed E-state index contributed by atoms with van der Waals surface area (Å²) in [5.74, 6) is 1.14. The Labute approximate surface area is 244 Å². The lowest BCUT2D eigenvalue weighted by Crippen LogP contribution is -2.22. The molecule has 2 atom stereocenters. The molecule has 0 bridgehead atoms. The molecule has 0 saturated carbocycles. The Morgan fingerprint density at radius 2 is 0.923 bits per heavy atom. The number of hydrogen-bond donors (Lipinski definition) is 0. The molecule has 2 rings (SSSR count). The summed E-state index contributed by atoms with van der Waals surface area (Å²) in [5.41, 5.74) is 1.48. The predicted octanol–water partition coefficient (Wildman–Crippen LogP) is 12.1. The van der Waals surface area contributed by atoms with E-state index in [1.807, 2.05) is 12.4 Å². The number of aliphatic imine (C=N–C) groups is 2. The van der Waals surface area contributed by atoms with E-state index in [1.54, 1.807) is 0 Å². The summed E-state index contributed by atoms with van der Waals surface area (Å²) < 4.78 is 0. The minimum absolute atomic E-state index is 0.498. The number of rotatable bonds is 27. The largest absolute Gasteiger partial charge is 0.244 e. The van der Waals surface area contributed by atoms with Crippen LogP contribution in [-0.2, 0) is 6.42 Å². The molecule has 0 spiro atoms. The molecule has 1 aromatic carbocycles. The summed E-state index contributed by atoms with van der Waals surface area (Å²) in [6.07, 6.45) is 38.1. The minimum Gasteiger partial charge on any atom is -0.0965 e. The Morgan fingerprint density at radius 1 is 0.513 bits per heavy atom. The zero-order chi connectivity index (χ0) is 27.6. The average molecular weight is 536 g/mol. The summed E-state index contributed by atoms with van der Waals surface area (Å²) in [6, 6.07) is 11.2. The SMILES string of the molecule is CCCCCCCCCCCCCCCC(Cc1ccccc1)C(CCCCCCCCCC)[C+]1N=CC=N1. The molecular weight excluding hydrogens is 472 g/mol. The first-order chi connectivity index (χ1) is 19.3. The van der Waals surface area contributed by atoms with Crippen molar-refractivity contribution in [1.29, 1.82) is 0 Å². The predicted molar refractivity (Wildman–Crippen MR) is 175 cm³/mol. The smallest absolute Gasteiger partial charge is 0.0965 e. The van der Waals surface area contributed by atoms with Gasteiger partial charge in [-0.1, -0.05) is 189 Å². The molecule has 1 aromatic rings. The van der Waals surface area contributed by atoms with Gasteiger partial charge in [0.15, 0.2) is 12.4 Å². The highest BCUT2D eigenvalue weighted by molar-refractivity contribution is 6.18. The second-order valence-corrected chi connectivity index (χ2v) is 12.3. The molecule has 0 N–H and O–H groups in total. The van der Waals surface area contributed by atoms with E-state index in [0.717, 1.165) is 12.6 Å². The van der Waals surface area contributed by atoms with Gasteiger partial charge in [0.25, 0.3) is 0 Å². The summed E-state index contributed by atoms with van der Waals surface area (Å²) in [7, 11) is 0. The van der Waals surface area contributed by atoms with Gasteiger partial charge < -0.3 is 0 Å². The Kier molecular flexibility index (Phi) is 20.9. The highest BCUT2D eigenvalue weighted by Crippen LogP contribution is 2.37. The lowest BCUT2D eigenvalue weighted by molar-refractivity contribution is 0.284. The number of benzene rings is 1. The van der Waals surface area contributed by atoms with Crippen LogP contribution in [0.4, 0.5) is 0 Å². The summed E-state index contributed by atoms with van der Waals surface area (Å²) >= 11 is 0. The average Bonchev–Trinajstić information content (AvgIpc) is 3.49. The van der Waals surface area contributed by atoms with E-state index in [-0.39, 0.29) is 0 Å². The van der Waals surface area contributed by atoms with E-state index in [4.69, 9.17) is 9.98 Å². The first-order valence-corrected chi connectivity index (χ1v) is 17.3. The Hall–Kier alpha value is -1.57. The van der Waals surface area contributed by atoms with Crippen LogP contribution in [-0.4, -0.2) is 12.4 Å². The molecule has 0 fully saturated rings. The fourth-order valence-corrected chi connectivity index (χ4v) is 6.30. The van der Waals surface area contributed by atoms with Crippen molar-refractivity contribution in [3.63, 3.8) is 0 Å². The quantitative estimate of drug-likeness (QED) is 0.0790. The van der Waals surface area contributed by atoms with E-state index in [1.165, 1.54) is 153 Å². The van der Waals surface area contributed by atoms with Crippen LogP contribution in [0.5, 0.6) is 0 Å². The molecule has 220 valence electrons. The molecule has 2 heteroatoms. The number of unbranched alkanes of at least 4 members (excludes halogenated alkanes) is 19. The van der Waals surface area contributed by atoms with Crippen molar-refractivity contribution in [2.75, 3.05) is 0 Å². The first-order valence-electron chi connectivity index (χ1n) is 17.3. The molecule has 1 heterocycles. The molecule has 1 aliphatic rings. The Balaban J connectivity index is 1.73. The van der Waals surface area contributed by atoms with Gasteiger partial charge in [0.1, 0.15) is 0 Å². The maximum absolute atomic E-state index is 4.73. The third kappa shape index (κ3) is 17.0. The molecule has 0 aromatic heterocycles. The normalized spacial score (nSPS) is 14.4. The van der Waals surface area contributed by atoms with Crippen molar-refractivity contribution in [2.45, 2.75) is 168 Å². The van der Waals surface area contributed by atoms with Gasteiger partial charge >= 0.3 is 0 Å². The van der Waals surface area contributed by atoms with Crippen molar-refractivity contribution in [1.82, 2.24) is 0 Å². The standard InChI is InChI=1S/C37H63N2/c1-3-5-7-9-11-13-14-15-16-17-18-20-25-29-35(33-34-27-23-22-24-28-34)36(37-38-31-32-39-37)30-26-21-19-12-10-8-6-4-2/h22-24,27-28,31-32,35-36H,3-21,25-26,29-30,33H2,1-2H3/q+1. The molecule has 2 nitrogen and oxygen atoms in total. The minimum atomic E-state index is 0.498. The van der Waals surface area contributed by atoms with Crippen LogP contribution in [0.1, 0.15) is 167 Å². The fraction of sp³-hybridized carbons (Fsp3) is 0.757. The van der Waals surface area contributed by atoms with Gasteiger partial charge in [-0.3, -0.25) is 0 Å². The van der Waals surface area contributed by atoms with Gasteiger partial charge in [-0.25, -0.2) is 0 Å². The van der Waals surface area contributed by atoms with Crippen LogP contribution in [0.15, 0.2) is 40.3 Å². The number of nitrogens with zero attached hydrogens (tertiary/aromatic N) is 2. The van der Waals surface area contributed by atoms with Crippen LogP contribution in [0.25, 0.3) is 0 Å². The highest BCUT2D eigenvalue weighted by atomic mass is 15.0. The molecule has 0 saturated heterocycles. The van der Waals surface area contributed by atoms with Crippen molar-refractivity contribution in [3.8, 4) is 0 Å².